The fourth-order valence-electron chi connectivity index (χ4n) is 3.03. The van der Waals surface area contributed by atoms with Crippen LogP contribution in [0.1, 0.15) is 13.8 Å². The number of aromatic amines is 2. The van der Waals surface area contributed by atoms with Crippen LogP contribution in [0.5, 0.6) is 0 Å². The van der Waals surface area contributed by atoms with Crippen molar-refractivity contribution in [2.75, 3.05) is 23.7 Å². The van der Waals surface area contributed by atoms with E-state index in [0.29, 0.717) is 23.3 Å². The number of para-hydroxylation sites is 1. The minimum absolute atomic E-state index is 0.233. The van der Waals surface area contributed by atoms with E-state index in [1.165, 1.54) is 6.07 Å². The van der Waals surface area contributed by atoms with Crippen LogP contribution in [-0.4, -0.2) is 45.8 Å². The molecule has 2 aromatic carbocycles. The van der Waals surface area contributed by atoms with E-state index < -0.39 is 29.3 Å². The summed E-state index contributed by atoms with van der Waals surface area (Å²) in [7, 11) is 0. The van der Waals surface area contributed by atoms with Gasteiger partial charge in [-0.25, -0.2) is 13.6 Å². The van der Waals surface area contributed by atoms with E-state index in [0.717, 1.165) is 12.1 Å². The molecule has 0 bridgehead atoms. The summed E-state index contributed by atoms with van der Waals surface area (Å²) in [6.07, 6.45) is 0. The van der Waals surface area contributed by atoms with Gasteiger partial charge in [0, 0.05) is 5.69 Å². The predicted octanol–water partition coefficient (Wildman–Crippen LogP) is 2.42. The van der Waals surface area contributed by atoms with Crippen LogP contribution in [0.2, 0.25) is 0 Å². The van der Waals surface area contributed by atoms with Gasteiger partial charge in [0.2, 0.25) is 11.8 Å². The summed E-state index contributed by atoms with van der Waals surface area (Å²) in [5.74, 6) is -2.78. The highest BCUT2D eigenvalue weighted by Crippen LogP contribution is 2.18. The maximum absolute atomic E-state index is 13.7. The first-order valence-electron chi connectivity index (χ1n) is 9.29. The van der Waals surface area contributed by atoms with Gasteiger partial charge in [-0.2, -0.15) is 0 Å². The average molecular weight is 417 g/mol. The number of hydrogen-bond donors (Lipinski definition) is 4. The van der Waals surface area contributed by atoms with E-state index in [4.69, 9.17) is 0 Å². The summed E-state index contributed by atoms with van der Waals surface area (Å²) < 4.78 is 27.4. The second-order valence-corrected chi connectivity index (χ2v) is 6.71. The first kappa shape index (κ1) is 21.2. The van der Waals surface area contributed by atoms with E-state index >= 15 is 0 Å². The number of fused-ring (bicyclic) bond motifs is 1. The molecule has 1 unspecified atom stereocenters. The molecule has 30 heavy (non-hydrogen) atoms. The lowest BCUT2D eigenvalue weighted by molar-refractivity contribution is -0.123. The van der Waals surface area contributed by atoms with Crippen molar-refractivity contribution in [2.24, 2.45) is 0 Å². The number of rotatable bonds is 7. The zero-order valence-corrected chi connectivity index (χ0v) is 16.4. The van der Waals surface area contributed by atoms with Gasteiger partial charge in [0.15, 0.2) is 0 Å². The molecule has 0 fully saturated rings. The molecule has 3 rings (SSSR count). The number of imidazole rings is 1. The van der Waals surface area contributed by atoms with Gasteiger partial charge >= 0.3 is 5.69 Å². The third kappa shape index (κ3) is 4.71. The van der Waals surface area contributed by atoms with Gasteiger partial charge in [-0.3, -0.25) is 14.5 Å². The Labute approximate surface area is 170 Å². The monoisotopic (exact) mass is 417 g/mol. The SMILES string of the molecule is CCN(CC(=O)Nc1c(F)cccc1F)C(C)C(=O)Nc1ccc2[nH]c(=O)[nH]c2c1. The molecule has 10 heteroatoms. The topological polar surface area (TPSA) is 110 Å². The Morgan fingerprint density at radius 1 is 1.07 bits per heavy atom. The van der Waals surface area contributed by atoms with Gasteiger partial charge in [-0.05, 0) is 43.8 Å². The van der Waals surface area contributed by atoms with Crippen LogP contribution in [0.15, 0.2) is 41.2 Å². The van der Waals surface area contributed by atoms with Gasteiger partial charge in [0.1, 0.15) is 17.3 Å². The highest BCUT2D eigenvalue weighted by molar-refractivity contribution is 5.97. The smallest absolute Gasteiger partial charge is 0.323 e. The van der Waals surface area contributed by atoms with Gasteiger partial charge in [0.25, 0.3) is 0 Å². The van der Waals surface area contributed by atoms with Crippen molar-refractivity contribution in [3.05, 3.63) is 58.5 Å². The van der Waals surface area contributed by atoms with Crippen molar-refractivity contribution >= 4 is 34.2 Å². The van der Waals surface area contributed by atoms with Gasteiger partial charge in [-0.1, -0.05) is 13.0 Å². The first-order valence-corrected chi connectivity index (χ1v) is 9.29. The molecule has 1 aromatic heterocycles. The van der Waals surface area contributed by atoms with Crippen molar-refractivity contribution in [3.8, 4) is 0 Å². The highest BCUT2D eigenvalue weighted by Gasteiger charge is 2.23. The van der Waals surface area contributed by atoms with Crippen molar-refractivity contribution in [2.45, 2.75) is 19.9 Å². The second-order valence-electron chi connectivity index (χ2n) is 6.71. The number of carbonyl (C=O) groups excluding carboxylic acids is 2. The molecule has 0 aliphatic carbocycles. The highest BCUT2D eigenvalue weighted by atomic mass is 19.1. The molecule has 2 amide bonds. The number of aromatic nitrogens is 2. The normalized spacial score (nSPS) is 12.2. The molecule has 0 saturated carbocycles. The summed E-state index contributed by atoms with van der Waals surface area (Å²) in [5, 5.41) is 4.94. The standard InChI is InChI=1S/C20H21F2N5O3/c1-3-27(10-17(28)26-18-13(21)5-4-6-14(18)22)11(2)19(29)23-12-7-8-15-16(9-12)25-20(30)24-15/h4-9,11H,3,10H2,1-2H3,(H,23,29)(H,26,28)(H2,24,25,30). The third-order valence-corrected chi connectivity index (χ3v) is 4.69. The molecular weight excluding hydrogens is 396 g/mol. The molecule has 0 aliphatic rings. The minimum atomic E-state index is -0.879. The number of amides is 2. The van der Waals surface area contributed by atoms with Crippen LogP contribution in [-0.2, 0) is 9.59 Å². The lowest BCUT2D eigenvalue weighted by Crippen LogP contribution is -2.45. The Hall–Kier alpha value is -3.53. The van der Waals surface area contributed by atoms with Crippen molar-refractivity contribution in [1.82, 2.24) is 14.9 Å². The van der Waals surface area contributed by atoms with Crippen LogP contribution in [0.25, 0.3) is 11.0 Å². The number of halogens is 2. The molecule has 1 heterocycles. The number of carbonyl (C=O) groups is 2. The van der Waals surface area contributed by atoms with E-state index in [2.05, 4.69) is 20.6 Å². The number of anilines is 2. The maximum atomic E-state index is 13.7. The third-order valence-electron chi connectivity index (χ3n) is 4.69. The second kappa shape index (κ2) is 8.87. The predicted molar refractivity (Wildman–Crippen MR) is 109 cm³/mol. The van der Waals surface area contributed by atoms with Gasteiger partial charge in [0.05, 0.1) is 23.6 Å². The Morgan fingerprint density at radius 2 is 1.73 bits per heavy atom. The lowest BCUT2D eigenvalue weighted by Gasteiger charge is -2.26. The number of nitrogens with zero attached hydrogens (tertiary/aromatic N) is 1. The number of H-pyrrole nitrogens is 2. The fraction of sp³-hybridized carbons (Fsp3) is 0.250. The van der Waals surface area contributed by atoms with E-state index in [-0.39, 0.29) is 18.1 Å². The lowest BCUT2D eigenvalue weighted by atomic mass is 10.2. The Balaban J connectivity index is 1.65. The number of nitrogens with one attached hydrogen (secondary N) is 4. The summed E-state index contributed by atoms with van der Waals surface area (Å²) >= 11 is 0. The molecule has 4 N–H and O–H groups in total. The molecule has 0 spiro atoms. The number of hydrogen-bond acceptors (Lipinski definition) is 4. The van der Waals surface area contributed by atoms with Crippen LogP contribution in [0, 0.1) is 11.6 Å². The van der Waals surface area contributed by atoms with E-state index in [1.807, 2.05) is 0 Å². The summed E-state index contributed by atoms with van der Waals surface area (Å²) in [6.45, 7) is 3.50. The van der Waals surface area contributed by atoms with Gasteiger partial charge in [-0.15, -0.1) is 0 Å². The Morgan fingerprint density at radius 3 is 2.40 bits per heavy atom. The summed E-state index contributed by atoms with van der Waals surface area (Å²) in [4.78, 5) is 43.0. The fourth-order valence-corrected chi connectivity index (χ4v) is 3.03. The number of benzene rings is 2. The molecule has 1 atom stereocenters. The molecular formula is C20H21F2N5O3. The largest absolute Gasteiger partial charge is 0.325 e. The Bertz CT molecular complexity index is 1120. The quantitative estimate of drug-likeness (QED) is 0.473. The summed E-state index contributed by atoms with van der Waals surface area (Å²) in [5.41, 5.74) is 0.756. The van der Waals surface area contributed by atoms with Crippen LogP contribution in [0.4, 0.5) is 20.2 Å². The van der Waals surface area contributed by atoms with Crippen LogP contribution < -0.4 is 16.3 Å². The molecule has 0 aliphatic heterocycles. The van der Waals surface area contributed by atoms with Crippen molar-refractivity contribution in [3.63, 3.8) is 0 Å². The minimum Gasteiger partial charge on any atom is -0.325 e. The molecule has 0 radical (unpaired) electrons. The zero-order chi connectivity index (χ0) is 21.8. The molecule has 158 valence electrons. The van der Waals surface area contributed by atoms with Crippen LogP contribution in [0.3, 0.4) is 0 Å². The van der Waals surface area contributed by atoms with Gasteiger partial charge < -0.3 is 20.6 Å². The maximum Gasteiger partial charge on any atom is 0.323 e. The van der Waals surface area contributed by atoms with Crippen molar-refractivity contribution < 1.29 is 18.4 Å². The molecule has 0 saturated heterocycles. The van der Waals surface area contributed by atoms with E-state index in [9.17, 15) is 23.2 Å². The van der Waals surface area contributed by atoms with Crippen molar-refractivity contribution in [1.29, 1.82) is 0 Å². The number of likely N-dealkylation sites (N-methyl/N-ethyl adjacent to an activating group) is 1. The first-order chi connectivity index (χ1) is 14.3. The van der Waals surface area contributed by atoms with E-state index in [1.54, 1.807) is 36.9 Å². The average Bonchev–Trinajstić information content (AvgIpc) is 3.07. The molecule has 8 nitrogen and oxygen atoms in total. The van der Waals surface area contributed by atoms with Crippen LogP contribution >= 0.6 is 0 Å². The Kier molecular flexibility index (Phi) is 6.26. The zero-order valence-electron chi connectivity index (χ0n) is 16.4. The summed E-state index contributed by atoms with van der Waals surface area (Å²) in [6, 6.07) is 7.49. The molecule has 3 aromatic rings.